The van der Waals surface area contributed by atoms with Crippen molar-refractivity contribution in [3.05, 3.63) is 22.3 Å². The Balaban J connectivity index is 2.01. The van der Waals surface area contributed by atoms with Crippen molar-refractivity contribution in [3.8, 4) is 0 Å². The van der Waals surface area contributed by atoms with Gasteiger partial charge in [-0.25, -0.2) is 4.98 Å². The van der Waals surface area contributed by atoms with E-state index in [9.17, 15) is 4.79 Å². The molecule has 0 unspecified atom stereocenters. The first-order chi connectivity index (χ1) is 8.56. The fourth-order valence-corrected chi connectivity index (χ4v) is 2.63. The van der Waals surface area contributed by atoms with Gasteiger partial charge >= 0.3 is 0 Å². The number of nitrogens with two attached hydrogens (primary N) is 1. The third kappa shape index (κ3) is 3.22. The van der Waals surface area contributed by atoms with E-state index in [1.54, 1.807) is 12.3 Å². The van der Waals surface area contributed by atoms with E-state index in [1.807, 2.05) is 0 Å². The predicted octanol–water partition coefficient (Wildman–Crippen LogP) is 2.73. The lowest BCUT2D eigenvalue weighted by Crippen LogP contribution is -2.37. The Kier molecular flexibility index (Phi) is 4.22. The second-order valence-electron chi connectivity index (χ2n) is 5.02. The first-order valence-corrected chi connectivity index (χ1v) is 7.07. The van der Waals surface area contributed by atoms with E-state index >= 15 is 0 Å². The maximum absolute atomic E-state index is 12.1. The fraction of sp³-hybridized carbons (Fsp3) is 0.538. The van der Waals surface area contributed by atoms with Crippen molar-refractivity contribution in [2.75, 3.05) is 5.73 Å². The average Bonchev–Trinajstić information content (AvgIpc) is 2.35. The van der Waals surface area contributed by atoms with Crippen molar-refractivity contribution in [2.24, 2.45) is 5.92 Å². The number of hydrogen-bond donors (Lipinski definition) is 2. The molecule has 1 heterocycles. The number of carbonyl (C=O) groups excluding carboxylic acids is 1. The summed E-state index contributed by atoms with van der Waals surface area (Å²) in [4.78, 5) is 16.1. The fourth-order valence-electron chi connectivity index (χ4n) is 2.30. The van der Waals surface area contributed by atoms with E-state index < -0.39 is 0 Å². The molecule has 0 aromatic carbocycles. The van der Waals surface area contributed by atoms with Crippen LogP contribution in [0.4, 0.5) is 5.82 Å². The minimum atomic E-state index is -0.124. The summed E-state index contributed by atoms with van der Waals surface area (Å²) in [6.45, 7) is 2.26. The Bertz CT molecular complexity index is 442. The zero-order valence-electron chi connectivity index (χ0n) is 10.4. The summed E-state index contributed by atoms with van der Waals surface area (Å²) in [5, 5.41) is 3.04. The average molecular weight is 312 g/mol. The molecule has 0 aliphatic heterocycles. The first-order valence-electron chi connectivity index (χ1n) is 6.28. The smallest absolute Gasteiger partial charge is 0.255 e. The first kappa shape index (κ1) is 13.3. The van der Waals surface area contributed by atoms with E-state index in [2.05, 4.69) is 33.2 Å². The molecule has 98 valence electrons. The normalized spacial score (nSPS) is 23.7. The molecule has 0 saturated heterocycles. The molecule has 0 atom stereocenters. The van der Waals surface area contributed by atoms with Gasteiger partial charge in [0.1, 0.15) is 5.82 Å². The number of rotatable bonds is 2. The monoisotopic (exact) mass is 311 g/mol. The summed E-state index contributed by atoms with van der Waals surface area (Å²) < 4.78 is 0.763. The maximum atomic E-state index is 12.1. The lowest BCUT2D eigenvalue weighted by Gasteiger charge is -2.27. The SMILES string of the molecule is CC1CCC(NC(=O)c2cc(Br)cnc2N)CC1. The molecule has 1 amide bonds. The van der Waals surface area contributed by atoms with Crippen molar-refractivity contribution >= 4 is 27.7 Å². The molecule has 0 radical (unpaired) electrons. The van der Waals surface area contributed by atoms with Crippen LogP contribution in [0.25, 0.3) is 0 Å². The van der Waals surface area contributed by atoms with Crippen LogP contribution >= 0.6 is 15.9 Å². The van der Waals surface area contributed by atoms with Gasteiger partial charge in [-0.2, -0.15) is 0 Å². The van der Waals surface area contributed by atoms with Crippen LogP contribution in [0.2, 0.25) is 0 Å². The van der Waals surface area contributed by atoms with Gasteiger partial charge in [-0.15, -0.1) is 0 Å². The van der Waals surface area contributed by atoms with E-state index in [4.69, 9.17) is 5.73 Å². The summed E-state index contributed by atoms with van der Waals surface area (Å²) in [6.07, 6.45) is 6.05. The molecule has 1 fully saturated rings. The highest BCUT2D eigenvalue weighted by atomic mass is 79.9. The zero-order valence-corrected chi connectivity index (χ0v) is 12.0. The molecule has 4 nitrogen and oxygen atoms in total. The topological polar surface area (TPSA) is 68.0 Å². The third-order valence-electron chi connectivity index (χ3n) is 3.48. The van der Waals surface area contributed by atoms with Crippen molar-refractivity contribution in [3.63, 3.8) is 0 Å². The van der Waals surface area contributed by atoms with Crippen LogP contribution in [-0.4, -0.2) is 16.9 Å². The van der Waals surface area contributed by atoms with Gasteiger partial charge < -0.3 is 11.1 Å². The lowest BCUT2D eigenvalue weighted by atomic mass is 9.87. The summed E-state index contributed by atoms with van der Waals surface area (Å²) in [5.41, 5.74) is 6.17. The number of aromatic nitrogens is 1. The molecule has 2 rings (SSSR count). The highest BCUT2D eigenvalue weighted by molar-refractivity contribution is 9.10. The molecule has 1 aliphatic rings. The van der Waals surface area contributed by atoms with Gasteiger partial charge in [0.2, 0.25) is 0 Å². The van der Waals surface area contributed by atoms with Gasteiger partial charge in [0.15, 0.2) is 0 Å². The molecule has 1 saturated carbocycles. The molecule has 1 aliphatic carbocycles. The number of nitrogens with one attached hydrogen (secondary N) is 1. The van der Waals surface area contributed by atoms with Crippen molar-refractivity contribution in [2.45, 2.75) is 38.6 Å². The third-order valence-corrected chi connectivity index (χ3v) is 3.91. The number of carbonyl (C=O) groups is 1. The second-order valence-corrected chi connectivity index (χ2v) is 5.93. The van der Waals surface area contributed by atoms with Gasteiger partial charge in [-0.1, -0.05) is 6.92 Å². The minimum absolute atomic E-state index is 0.124. The highest BCUT2D eigenvalue weighted by Crippen LogP contribution is 2.24. The van der Waals surface area contributed by atoms with Gasteiger partial charge in [0.25, 0.3) is 5.91 Å². The van der Waals surface area contributed by atoms with Crippen LogP contribution in [0.15, 0.2) is 16.7 Å². The summed E-state index contributed by atoms with van der Waals surface area (Å²) >= 11 is 3.30. The molecule has 1 aromatic heterocycles. The van der Waals surface area contributed by atoms with Crippen LogP contribution in [0.5, 0.6) is 0 Å². The Morgan fingerprint density at radius 1 is 1.44 bits per heavy atom. The zero-order chi connectivity index (χ0) is 13.1. The number of pyridine rings is 1. The van der Waals surface area contributed by atoms with E-state index in [1.165, 1.54) is 12.8 Å². The number of anilines is 1. The van der Waals surface area contributed by atoms with E-state index in [-0.39, 0.29) is 17.8 Å². The van der Waals surface area contributed by atoms with Crippen LogP contribution in [0, 0.1) is 5.92 Å². The van der Waals surface area contributed by atoms with Gasteiger partial charge in [0, 0.05) is 16.7 Å². The Hall–Kier alpha value is -1.10. The maximum Gasteiger partial charge on any atom is 0.255 e. The molecule has 5 heteroatoms. The van der Waals surface area contributed by atoms with Crippen LogP contribution in [-0.2, 0) is 0 Å². The molecular formula is C13H18BrN3O. The van der Waals surface area contributed by atoms with Crippen molar-refractivity contribution in [1.82, 2.24) is 10.3 Å². The molecule has 18 heavy (non-hydrogen) atoms. The number of hydrogen-bond acceptors (Lipinski definition) is 3. The Morgan fingerprint density at radius 2 is 2.11 bits per heavy atom. The Labute approximate surface area is 115 Å². The van der Waals surface area contributed by atoms with Crippen molar-refractivity contribution in [1.29, 1.82) is 0 Å². The number of halogens is 1. The molecule has 0 bridgehead atoms. The van der Waals surface area contributed by atoms with Gasteiger partial charge in [-0.3, -0.25) is 4.79 Å². The predicted molar refractivity (Wildman–Crippen MR) is 75.2 cm³/mol. The molecular weight excluding hydrogens is 294 g/mol. The molecule has 0 spiro atoms. The largest absolute Gasteiger partial charge is 0.383 e. The van der Waals surface area contributed by atoms with Crippen molar-refractivity contribution < 1.29 is 4.79 Å². The van der Waals surface area contributed by atoms with E-state index in [0.717, 1.165) is 23.2 Å². The van der Waals surface area contributed by atoms with E-state index in [0.29, 0.717) is 5.56 Å². The van der Waals surface area contributed by atoms with Crippen LogP contribution in [0.3, 0.4) is 0 Å². The quantitative estimate of drug-likeness (QED) is 0.882. The number of amides is 1. The molecule has 1 aromatic rings. The van der Waals surface area contributed by atoms with Gasteiger partial charge in [0.05, 0.1) is 5.56 Å². The Morgan fingerprint density at radius 3 is 2.78 bits per heavy atom. The second kappa shape index (κ2) is 5.69. The standard InChI is InChI=1S/C13H18BrN3O/c1-8-2-4-10(5-3-8)17-13(18)11-6-9(14)7-16-12(11)15/h6-8,10H,2-5H2,1H3,(H2,15,16)(H,17,18). The minimum Gasteiger partial charge on any atom is -0.383 e. The number of nitrogen functional groups attached to an aromatic ring is 1. The summed E-state index contributed by atoms with van der Waals surface area (Å²) in [6, 6.07) is 1.98. The highest BCUT2D eigenvalue weighted by Gasteiger charge is 2.21. The lowest BCUT2D eigenvalue weighted by molar-refractivity contribution is 0.0923. The summed E-state index contributed by atoms with van der Waals surface area (Å²) in [7, 11) is 0. The van der Waals surface area contributed by atoms with Crippen LogP contribution in [0.1, 0.15) is 43.0 Å². The number of nitrogens with zero attached hydrogens (tertiary/aromatic N) is 1. The summed E-state index contributed by atoms with van der Waals surface area (Å²) in [5.74, 6) is 0.927. The van der Waals surface area contributed by atoms with Crippen LogP contribution < -0.4 is 11.1 Å². The van der Waals surface area contributed by atoms with Gasteiger partial charge in [-0.05, 0) is 53.6 Å². The molecule has 3 N–H and O–H groups in total.